The molecule has 1 fully saturated rings. The number of pyridine rings is 1. The lowest BCUT2D eigenvalue weighted by Crippen LogP contribution is -2.52. The van der Waals surface area contributed by atoms with Crippen LogP contribution in [0.2, 0.25) is 0 Å². The Labute approximate surface area is 160 Å². The van der Waals surface area contributed by atoms with Gasteiger partial charge in [0.2, 0.25) is 12.0 Å². The Bertz CT molecular complexity index is 1060. The highest BCUT2D eigenvalue weighted by Crippen LogP contribution is 2.43. The molecule has 1 amide bonds. The summed E-state index contributed by atoms with van der Waals surface area (Å²) in [7, 11) is 0. The van der Waals surface area contributed by atoms with Crippen molar-refractivity contribution < 1.29 is 23.9 Å². The second-order valence-corrected chi connectivity index (χ2v) is 7.24. The molecule has 3 aliphatic rings. The van der Waals surface area contributed by atoms with Gasteiger partial charge < -0.3 is 14.4 Å². The zero-order valence-electron chi connectivity index (χ0n) is 15.3. The summed E-state index contributed by atoms with van der Waals surface area (Å²) >= 11 is 0. The van der Waals surface area contributed by atoms with Gasteiger partial charge in [0.15, 0.2) is 0 Å². The number of rotatable bonds is 2. The summed E-state index contributed by atoms with van der Waals surface area (Å²) in [6, 6.07) is 9.83. The van der Waals surface area contributed by atoms with Crippen LogP contribution in [-0.2, 0) is 30.4 Å². The normalized spacial score (nSPS) is 25.5. The number of esters is 2. The molecule has 142 valence electrons. The number of benzene rings is 1. The van der Waals surface area contributed by atoms with E-state index in [-0.39, 0.29) is 18.9 Å². The Morgan fingerprint density at radius 1 is 1.32 bits per heavy atom. The van der Waals surface area contributed by atoms with Crippen molar-refractivity contribution in [2.75, 3.05) is 6.61 Å². The number of carbonyl (C=O) groups is 3. The van der Waals surface area contributed by atoms with E-state index in [1.165, 1.54) is 0 Å². The molecular formula is C21H18N2O5. The molecule has 1 aromatic heterocycles. The van der Waals surface area contributed by atoms with Gasteiger partial charge in [0.25, 0.3) is 0 Å². The molecule has 28 heavy (non-hydrogen) atoms. The third-order valence-corrected chi connectivity index (χ3v) is 5.60. The lowest BCUT2D eigenvalue weighted by Gasteiger charge is -2.39. The second-order valence-electron chi connectivity index (χ2n) is 7.24. The van der Waals surface area contributed by atoms with Crippen LogP contribution in [0.4, 0.5) is 0 Å². The number of nitrogens with zero attached hydrogens (tertiary/aromatic N) is 2. The molecule has 3 atom stereocenters. The van der Waals surface area contributed by atoms with Crippen LogP contribution in [0.3, 0.4) is 0 Å². The molecule has 0 radical (unpaired) electrons. The summed E-state index contributed by atoms with van der Waals surface area (Å²) in [5.74, 6) is -2.33. The van der Waals surface area contributed by atoms with Gasteiger partial charge in [0.1, 0.15) is 6.61 Å². The minimum absolute atomic E-state index is 0.00542. The predicted octanol–water partition coefficient (Wildman–Crippen LogP) is 2.04. The van der Waals surface area contributed by atoms with Crippen molar-refractivity contribution in [3.8, 4) is 0 Å². The number of hydrogen-bond acceptors (Lipinski definition) is 6. The molecule has 7 heteroatoms. The van der Waals surface area contributed by atoms with Crippen LogP contribution >= 0.6 is 0 Å². The SMILES string of the molecule is CCC(=O)OC1C(=O)OCC2C(=O)N3Cc4cc5ccccc5nc4C3=CC21. The van der Waals surface area contributed by atoms with Gasteiger partial charge in [-0.05, 0) is 12.1 Å². The number of ether oxygens (including phenoxy) is 2. The maximum Gasteiger partial charge on any atom is 0.348 e. The maximum absolute atomic E-state index is 13.1. The van der Waals surface area contributed by atoms with Crippen LogP contribution in [0, 0.1) is 11.8 Å². The van der Waals surface area contributed by atoms with Crippen molar-refractivity contribution in [2.45, 2.75) is 26.0 Å². The first kappa shape index (κ1) is 16.9. The third kappa shape index (κ3) is 2.42. The minimum atomic E-state index is -1.10. The minimum Gasteiger partial charge on any atom is -0.462 e. The Balaban J connectivity index is 1.60. The van der Waals surface area contributed by atoms with Gasteiger partial charge >= 0.3 is 11.9 Å². The summed E-state index contributed by atoms with van der Waals surface area (Å²) in [5.41, 5.74) is 3.23. The van der Waals surface area contributed by atoms with E-state index in [2.05, 4.69) is 0 Å². The van der Waals surface area contributed by atoms with E-state index in [4.69, 9.17) is 14.5 Å². The van der Waals surface area contributed by atoms with Gasteiger partial charge in [0, 0.05) is 23.3 Å². The highest BCUT2D eigenvalue weighted by atomic mass is 16.6. The fourth-order valence-corrected chi connectivity index (χ4v) is 4.16. The number of aromatic nitrogens is 1. The van der Waals surface area contributed by atoms with Crippen LogP contribution in [0.25, 0.3) is 16.6 Å². The summed E-state index contributed by atoms with van der Waals surface area (Å²) in [6.07, 6.45) is 0.899. The first-order chi connectivity index (χ1) is 13.6. The molecule has 3 aliphatic heterocycles. The van der Waals surface area contributed by atoms with E-state index in [1.54, 1.807) is 11.8 Å². The molecule has 5 rings (SSSR count). The Hall–Kier alpha value is -3.22. The average molecular weight is 378 g/mol. The Kier molecular flexibility index (Phi) is 3.72. The number of fused-ring (bicyclic) bond motifs is 5. The quantitative estimate of drug-likeness (QED) is 0.744. The molecule has 3 unspecified atom stereocenters. The summed E-state index contributed by atoms with van der Waals surface area (Å²) in [6.45, 7) is 2.09. The van der Waals surface area contributed by atoms with Gasteiger partial charge in [-0.1, -0.05) is 31.2 Å². The van der Waals surface area contributed by atoms with Crippen LogP contribution in [0.1, 0.15) is 24.6 Å². The molecule has 0 N–H and O–H groups in total. The number of para-hydroxylation sites is 1. The van der Waals surface area contributed by atoms with Crippen molar-refractivity contribution >= 4 is 34.4 Å². The predicted molar refractivity (Wildman–Crippen MR) is 98.4 cm³/mol. The highest BCUT2D eigenvalue weighted by Gasteiger charge is 2.51. The average Bonchev–Trinajstić information content (AvgIpc) is 3.06. The summed E-state index contributed by atoms with van der Waals surface area (Å²) in [4.78, 5) is 43.6. The Morgan fingerprint density at radius 3 is 2.96 bits per heavy atom. The fourth-order valence-electron chi connectivity index (χ4n) is 4.16. The van der Waals surface area contributed by atoms with Gasteiger partial charge in [0.05, 0.1) is 29.4 Å². The zero-order chi connectivity index (χ0) is 19.4. The lowest BCUT2D eigenvalue weighted by atomic mass is 9.81. The molecule has 2 aromatic rings. The van der Waals surface area contributed by atoms with E-state index in [9.17, 15) is 14.4 Å². The van der Waals surface area contributed by atoms with Gasteiger partial charge in [-0.2, -0.15) is 0 Å². The molecule has 0 aliphatic carbocycles. The standard InChI is InChI=1S/C21H18N2O5/c1-2-17(24)28-19-13-8-16-18-12(7-11-5-3-4-6-15(11)22-18)9-23(16)20(25)14(13)10-27-21(19)26/h3-8,13-14,19H,2,9-10H2,1H3. The van der Waals surface area contributed by atoms with Crippen LogP contribution in [-0.4, -0.2) is 40.4 Å². The molecule has 7 nitrogen and oxygen atoms in total. The van der Waals surface area contributed by atoms with E-state index in [0.717, 1.165) is 22.2 Å². The molecule has 1 saturated heterocycles. The second kappa shape index (κ2) is 6.15. The molecule has 0 bridgehead atoms. The molecule has 1 aromatic carbocycles. The van der Waals surface area contributed by atoms with E-state index in [1.807, 2.05) is 36.4 Å². The van der Waals surface area contributed by atoms with E-state index >= 15 is 0 Å². The number of carbonyl (C=O) groups excluding carboxylic acids is 3. The van der Waals surface area contributed by atoms with Crippen molar-refractivity contribution in [3.63, 3.8) is 0 Å². The third-order valence-electron chi connectivity index (χ3n) is 5.60. The van der Waals surface area contributed by atoms with Gasteiger partial charge in [-0.25, -0.2) is 9.78 Å². The number of amides is 1. The molecule has 0 spiro atoms. The summed E-state index contributed by atoms with van der Waals surface area (Å²) in [5, 5.41) is 1.01. The maximum atomic E-state index is 13.1. The largest absolute Gasteiger partial charge is 0.462 e. The van der Waals surface area contributed by atoms with Gasteiger partial charge in [-0.3, -0.25) is 9.59 Å². The molecule has 0 saturated carbocycles. The molecular weight excluding hydrogens is 360 g/mol. The Morgan fingerprint density at radius 2 is 2.14 bits per heavy atom. The fraction of sp³-hybridized carbons (Fsp3) is 0.333. The topological polar surface area (TPSA) is 85.8 Å². The smallest absolute Gasteiger partial charge is 0.348 e. The van der Waals surface area contributed by atoms with Crippen LogP contribution in [0.15, 0.2) is 36.4 Å². The van der Waals surface area contributed by atoms with Crippen molar-refractivity contribution in [3.05, 3.63) is 47.7 Å². The van der Waals surface area contributed by atoms with Crippen molar-refractivity contribution in [1.29, 1.82) is 0 Å². The van der Waals surface area contributed by atoms with Gasteiger partial charge in [-0.15, -0.1) is 0 Å². The van der Waals surface area contributed by atoms with Crippen molar-refractivity contribution in [2.24, 2.45) is 11.8 Å². The first-order valence-electron chi connectivity index (χ1n) is 9.35. The van der Waals surface area contributed by atoms with Crippen LogP contribution in [0.5, 0.6) is 0 Å². The number of hydrogen-bond donors (Lipinski definition) is 0. The van der Waals surface area contributed by atoms with Crippen LogP contribution < -0.4 is 0 Å². The lowest BCUT2D eigenvalue weighted by molar-refractivity contribution is -0.183. The number of cyclic esters (lactones) is 1. The molecule has 4 heterocycles. The van der Waals surface area contributed by atoms with Crippen molar-refractivity contribution in [1.82, 2.24) is 9.88 Å². The monoisotopic (exact) mass is 378 g/mol. The summed E-state index contributed by atoms with van der Waals surface area (Å²) < 4.78 is 10.5. The zero-order valence-corrected chi connectivity index (χ0v) is 15.3. The highest BCUT2D eigenvalue weighted by molar-refractivity contribution is 5.96. The first-order valence-corrected chi connectivity index (χ1v) is 9.35. The van der Waals surface area contributed by atoms with E-state index in [0.29, 0.717) is 12.2 Å². The van der Waals surface area contributed by atoms with E-state index < -0.39 is 29.9 Å².